The third-order valence-corrected chi connectivity index (χ3v) is 5.13. The number of carbonyl (C=O) groups is 1. The first kappa shape index (κ1) is 16.5. The normalized spacial score (nSPS) is 16.9. The molecular weight excluding hydrogens is 302 g/mol. The minimum atomic E-state index is -0.146. The van der Waals surface area contributed by atoms with Crippen LogP contribution < -0.4 is 10.6 Å². The minimum absolute atomic E-state index is 0.122. The van der Waals surface area contributed by atoms with Gasteiger partial charge in [-0.1, -0.05) is 43.7 Å². The van der Waals surface area contributed by atoms with E-state index in [-0.39, 0.29) is 12.1 Å². The Morgan fingerprint density at radius 1 is 1.33 bits per heavy atom. The van der Waals surface area contributed by atoms with E-state index in [0.717, 1.165) is 18.5 Å². The molecule has 0 spiro atoms. The molecule has 2 aromatic rings. The Hall–Kier alpha value is -2.37. The molecule has 6 heteroatoms. The van der Waals surface area contributed by atoms with Crippen molar-refractivity contribution in [1.82, 2.24) is 25.4 Å². The fourth-order valence-electron chi connectivity index (χ4n) is 3.24. The van der Waals surface area contributed by atoms with Gasteiger partial charge in [0.1, 0.15) is 12.7 Å². The van der Waals surface area contributed by atoms with E-state index >= 15 is 0 Å². The van der Waals surface area contributed by atoms with Gasteiger partial charge in [0.15, 0.2) is 0 Å². The quantitative estimate of drug-likeness (QED) is 0.821. The number of urea groups is 1. The molecule has 1 saturated carbocycles. The molecule has 1 aromatic heterocycles. The van der Waals surface area contributed by atoms with E-state index in [2.05, 4.69) is 27.6 Å². The number of carbonyl (C=O) groups excluding carboxylic acids is 1. The SMILES string of the molecule is CCC1(CNC(=O)N[C@@H](Cn2cncn2)c2ccccc2)CCC1. The zero-order valence-corrected chi connectivity index (χ0v) is 14.1. The third kappa shape index (κ3) is 3.93. The van der Waals surface area contributed by atoms with Crippen LogP contribution in [0.1, 0.15) is 44.2 Å². The van der Waals surface area contributed by atoms with Crippen molar-refractivity contribution in [2.75, 3.05) is 6.54 Å². The summed E-state index contributed by atoms with van der Waals surface area (Å²) in [6.07, 6.45) is 7.99. The van der Waals surface area contributed by atoms with Gasteiger partial charge in [-0.3, -0.25) is 4.68 Å². The monoisotopic (exact) mass is 327 g/mol. The maximum absolute atomic E-state index is 12.4. The highest BCUT2D eigenvalue weighted by Gasteiger charge is 2.35. The molecule has 1 heterocycles. The summed E-state index contributed by atoms with van der Waals surface area (Å²) in [6, 6.07) is 9.68. The van der Waals surface area contributed by atoms with E-state index in [1.54, 1.807) is 11.0 Å². The number of hydrogen-bond acceptors (Lipinski definition) is 3. The van der Waals surface area contributed by atoms with Gasteiger partial charge in [-0.25, -0.2) is 9.78 Å². The first-order valence-electron chi connectivity index (χ1n) is 8.62. The van der Waals surface area contributed by atoms with Crippen LogP contribution in [0.5, 0.6) is 0 Å². The molecule has 6 nitrogen and oxygen atoms in total. The zero-order chi connectivity index (χ0) is 16.8. The molecule has 2 amide bonds. The Balaban J connectivity index is 1.61. The van der Waals surface area contributed by atoms with Gasteiger partial charge in [-0.2, -0.15) is 5.10 Å². The summed E-state index contributed by atoms with van der Waals surface area (Å²) in [4.78, 5) is 16.4. The molecule has 3 rings (SSSR count). The molecule has 1 atom stereocenters. The van der Waals surface area contributed by atoms with E-state index in [9.17, 15) is 4.79 Å². The van der Waals surface area contributed by atoms with Gasteiger partial charge in [0.05, 0.1) is 12.6 Å². The number of nitrogens with zero attached hydrogens (tertiary/aromatic N) is 3. The number of rotatable bonds is 7. The summed E-state index contributed by atoms with van der Waals surface area (Å²) in [5.41, 5.74) is 1.36. The first-order chi connectivity index (χ1) is 11.7. The number of nitrogens with one attached hydrogen (secondary N) is 2. The number of benzene rings is 1. The van der Waals surface area contributed by atoms with Gasteiger partial charge in [0.25, 0.3) is 0 Å². The average molecular weight is 327 g/mol. The van der Waals surface area contributed by atoms with E-state index in [1.807, 2.05) is 30.3 Å². The lowest BCUT2D eigenvalue weighted by Crippen LogP contribution is -2.46. The van der Waals surface area contributed by atoms with Gasteiger partial charge < -0.3 is 10.6 Å². The van der Waals surface area contributed by atoms with E-state index in [0.29, 0.717) is 12.0 Å². The lowest BCUT2D eigenvalue weighted by Gasteiger charge is -2.41. The predicted molar refractivity (Wildman–Crippen MR) is 92.3 cm³/mol. The largest absolute Gasteiger partial charge is 0.338 e. The van der Waals surface area contributed by atoms with Crippen LogP contribution in [0.3, 0.4) is 0 Å². The Labute approximate surface area is 142 Å². The first-order valence-corrected chi connectivity index (χ1v) is 8.62. The number of amides is 2. The fraction of sp³-hybridized carbons (Fsp3) is 0.500. The second-order valence-electron chi connectivity index (χ2n) is 6.61. The van der Waals surface area contributed by atoms with Crippen LogP contribution in [0.2, 0.25) is 0 Å². The number of aromatic nitrogens is 3. The smallest absolute Gasteiger partial charge is 0.315 e. The van der Waals surface area contributed by atoms with E-state index < -0.39 is 0 Å². The van der Waals surface area contributed by atoms with Crippen LogP contribution in [0, 0.1) is 5.41 Å². The van der Waals surface area contributed by atoms with Gasteiger partial charge in [-0.15, -0.1) is 0 Å². The lowest BCUT2D eigenvalue weighted by molar-refractivity contribution is 0.125. The van der Waals surface area contributed by atoms with Crippen molar-refractivity contribution in [2.24, 2.45) is 5.41 Å². The molecular formula is C18H25N5O. The highest BCUT2D eigenvalue weighted by atomic mass is 16.2. The molecule has 1 aliphatic rings. The molecule has 24 heavy (non-hydrogen) atoms. The summed E-state index contributed by atoms with van der Waals surface area (Å²) >= 11 is 0. The molecule has 0 unspecified atom stereocenters. The fourth-order valence-corrected chi connectivity index (χ4v) is 3.24. The van der Waals surface area contributed by atoms with Crippen LogP contribution in [0.25, 0.3) is 0 Å². The summed E-state index contributed by atoms with van der Waals surface area (Å²) < 4.78 is 1.73. The summed E-state index contributed by atoms with van der Waals surface area (Å²) in [6.45, 7) is 3.51. The summed E-state index contributed by atoms with van der Waals surface area (Å²) in [5, 5.41) is 10.3. The van der Waals surface area contributed by atoms with Crippen LogP contribution in [0.4, 0.5) is 4.79 Å². The zero-order valence-electron chi connectivity index (χ0n) is 14.1. The van der Waals surface area contributed by atoms with Gasteiger partial charge in [0, 0.05) is 6.54 Å². The minimum Gasteiger partial charge on any atom is -0.338 e. The second-order valence-corrected chi connectivity index (χ2v) is 6.61. The Morgan fingerprint density at radius 3 is 2.71 bits per heavy atom. The Morgan fingerprint density at radius 2 is 2.12 bits per heavy atom. The number of hydrogen-bond donors (Lipinski definition) is 2. The Bertz CT molecular complexity index is 631. The summed E-state index contributed by atoms with van der Waals surface area (Å²) in [5.74, 6) is 0. The van der Waals surface area contributed by atoms with Gasteiger partial charge in [0.2, 0.25) is 0 Å². The molecule has 0 aliphatic heterocycles. The lowest BCUT2D eigenvalue weighted by atomic mass is 9.67. The predicted octanol–water partition coefficient (Wildman–Crippen LogP) is 2.90. The van der Waals surface area contributed by atoms with Crippen molar-refractivity contribution in [3.63, 3.8) is 0 Å². The molecule has 128 valence electrons. The molecule has 2 N–H and O–H groups in total. The Kier molecular flexibility index (Phi) is 5.13. The van der Waals surface area contributed by atoms with Gasteiger partial charge in [-0.05, 0) is 30.2 Å². The molecule has 1 aromatic carbocycles. The van der Waals surface area contributed by atoms with Crippen molar-refractivity contribution in [1.29, 1.82) is 0 Å². The van der Waals surface area contributed by atoms with Crippen LogP contribution in [0.15, 0.2) is 43.0 Å². The standard InChI is InChI=1S/C18H25N5O/c1-2-18(9-6-10-18)12-20-17(24)22-16(11-23-14-19-13-21-23)15-7-4-3-5-8-15/h3-5,7-8,13-14,16H,2,6,9-12H2,1H3,(H2,20,22,24)/t16-/m0/s1. The van der Waals surface area contributed by atoms with E-state index in [4.69, 9.17) is 0 Å². The molecule has 0 bridgehead atoms. The van der Waals surface area contributed by atoms with Crippen LogP contribution in [-0.2, 0) is 6.54 Å². The summed E-state index contributed by atoms with van der Waals surface area (Å²) in [7, 11) is 0. The van der Waals surface area contributed by atoms with Crippen LogP contribution >= 0.6 is 0 Å². The van der Waals surface area contributed by atoms with Crippen molar-refractivity contribution in [2.45, 2.75) is 45.2 Å². The average Bonchev–Trinajstić information content (AvgIpc) is 3.07. The second kappa shape index (κ2) is 7.47. The molecule has 1 fully saturated rings. The van der Waals surface area contributed by atoms with Crippen LogP contribution in [-0.4, -0.2) is 27.3 Å². The third-order valence-electron chi connectivity index (χ3n) is 5.13. The van der Waals surface area contributed by atoms with E-state index in [1.165, 1.54) is 25.6 Å². The van der Waals surface area contributed by atoms with Crippen molar-refractivity contribution < 1.29 is 4.79 Å². The maximum Gasteiger partial charge on any atom is 0.315 e. The topological polar surface area (TPSA) is 71.8 Å². The van der Waals surface area contributed by atoms with Crippen molar-refractivity contribution in [3.8, 4) is 0 Å². The van der Waals surface area contributed by atoms with Gasteiger partial charge >= 0.3 is 6.03 Å². The van der Waals surface area contributed by atoms with Crippen molar-refractivity contribution in [3.05, 3.63) is 48.5 Å². The van der Waals surface area contributed by atoms with Crippen molar-refractivity contribution >= 4 is 6.03 Å². The molecule has 0 radical (unpaired) electrons. The molecule has 0 saturated heterocycles. The highest BCUT2D eigenvalue weighted by Crippen LogP contribution is 2.42. The molecule has 1 aliphatic carbocycles. The maximum atomic E-state index is 12.4. The highest BCUT2D eigenvalue weighted by molar-refractivity contribution is 5.74.